The molecule has 0 spiro atoms. The molecule has 7 heteroatoms. The van der Waals surface area contributed by atoms with Crippen LogP contribution in [0.5, 0.6) is 0 Å². The van der Waals surface area contributed by atoms with Crippen molar-refractivity contribution in [2.75, 3.05) is 12.3 Å². The van der Waals surface area contributed by atoms with Gasteiger partial charge in [-0.2, -0.15) is 0 Å². The first-order chi connectivity index (χ1) is 13.0. The van der Waals surface area contributed by atoms with E-state index in [1.165, 1.54) is 23.9 Å². The lowest BCUT2D eigenvalue weighted by molar-refractivity contribution is -0.124. The summed E-state index contributed by atoms with van der Waals surface area (Å²) in [5.41, 5.74) is 1.25. The molecule has 4 nitrogen and oxygen atoms in total. The van der Waals surface area contributed by atoms with Crippen molar-refractivity contribution >= 4 is 35.2 Å². The minimum atomic E-state index is -0.584. The van der Waals surface area contributed by atoms with E-state index in [0.29, 0.717) is 22.9 Å². The van der Waals surface area contributed by atoms with E-state index in [-0.39, 0.29) is 23.0 Å². The van der Waals surface area contributed by atoms with E-state index in [2.05, 4.69) is 5.32 Å². The van der Waals surface area contributed by atoms with E-state index < -0.39 is 6.04 Å². The van der Waals surface area contributed by atoms with Crippen LogP contribution in [0.4, 0.5) is 4.39 Å². The Morgan fingerprint density at radius 2 is 1.85 bits per heavy atom. The lowest BCUT2D eigenvalue weighted by Crippen LogP contribution is -2.48. The third kappa shape index (κ3) is 4.45. The number of amides is 2. The molecule has 0 aliphatic carbocycles. The van der Waals surface area contributed by atoms with Crippen LogP contribution in [0, 0.1) is 5.82 Å². The molecule has 2 amide bonds. The van der Waals surface area contributed by atoms with Gasteiger partial charge >= 0.3 is 0 Å². The molecule has 0 radical (unpaired) electrons. The fourth-order valence-corrected chi connectivity index (χ4v) is 4.50. The van der Waals surface area contributed by atoms with Gasteiger partial charge in [-0.15, -0.1) is 11.8 Å². The molecule has 1 aliphatic heterocycles. The molecule has 2 unspecified atom stereocenters. The zero-order valence-electron chi connectivity index (χ0n) is 14.8. The zero-order valence-corrected chi connectivity index (χ0v) is 16.4. The van der Waals surface area contributed by atoms with Gasteiger partial charge in [-0.3, -0.25) is 9.59 Å². The van der Waals surface area contributed by atoms with Gasteiger partial charge in [-0.25, -0.2) is 4.39 Å². The largest absolute Gasteiger partial charge is 0.354 e. The molecule has 1 N–H and O–H groups in total. The summed E-state index contributed by atoms with van der Waals surface area (Å²) in [6.07, 6.45) is 0.818. The van der Waals surface area contributed by atoms with Gasteiger partial charge in [0.2, 0.25) is 5.91 Å². The number of hydrogen-bond acceptors (Lipinski definition) is 3. The SMILES string of the molecule is CCCNC(=O)C1CSC(c2ccc(F)cc2)N1C(=O)c1ccc(Cl)cc1. The Labute approximate surface area is 167 Å². The van der Waals surface area contributed by atoms with Crippen LogP contribution >= 0.6 is 23.4 Å². The maximum atomic E-state index is 13.3. The lowest BCUT2D eigenvalue weighted by Gasteiger charge is -2.29. The first-order valence-corrected chi connectivity index (χ1v) is 10.2. The molecule has 1 fully saturated rings. The average molecular weight is 407 g/mol. The first-order valence-electron chi connectivity index (χ1n) is 8.74. The quantitative estimate of drug-likeness (QED) is 0.807. The van der Waals surface area contributed by atoms with Gasteiger partial charge in [-0.1, -0.05) is 30.7 Å². The summed E-state index contributed by atoms with van der Waals surface area (Å²) in [5.74, 6) is -0.273. The molecule has 1 heterocycles. The van der Waals surface area contributed by atoms with Crippen LogP contribution in [0.3, 0.4) is 0 Å². The van der Waals surface area contributed by atoms with Gasteiger partial charge in [-0.05, 0) is 48.4 Å². The first kappa shape index (κ1) is 19.7. The Bertz CT molecular complexity index is 814. The molecule has 0 bridgehead atoms. The number of nitrogens with zero attached hydrogens (tertiary/aromatic N) is 1. The summed E-state index contributed by atoms with van der Waals surface area (Å²) >= 11 is 7.42. The number of halogens is 2. The normalized spacial score (nSPS) is 19.1. The number of carbonyl (C=O) groups is 2. The van der Waals surface area contributed by atoms with E-state index >= 15 is 0 Å². The Morgan fingerprint density at radius 1 is 1.19 bits per heavy atom. The summed E-state index contributed by atoms with van der Waals surface area (Å²) in [4.78, 5) is 27.4. The van der Waals surface area contributed by atoms with Gasteiger partial charge in [0.05, 0.1) is 0 Å². The van der Waals surface area contributed by atoms with Crippen LogP contribution in [-0.4, -0.2) is 35.1 Å². The molecule has 1 saturated heterocycles. The topological polar surface area (TPSA) is 49.4 Å². The smallest absolute Gasteiger partial charge is 0.255 e. The van der Waals surface area contributed by atoms with Crippen molar-refractivity contribution in [3.8, 4) is 0 Å². The minimum Gasteiger partial charge on any atom is -0.354 e. The van der Waals surface area contributed by atoms with Crippen LogP contribution in [-0.2, 0) is 4.79 Å². The predicted molar refractivity (Wildman–Crippen MR) is 106 cm³/mol. The summed E-state index contributed by atoms with van der Waals surface area (Å²) in [6.45, 7) is 2.53. The summed E-state index contributed by atoms with van der Waals surface area (Å²) in [6, 6.07) is 12.1. The number of thioether (sulfide) groups is 1. The molecule has 0 aromatic heterocycles. The van der Waals surface area contributed by atoms with Crippen molar-refractivity contribution in [1.82, 2.24) is 10.2 Å². The van der Waals surface area contributed by atoms with E-state index in [9.17, 15) is 14.0 Å². The second-order valence-corrected chi connectivity index (χ2v) is 7.81. The Hall–Kier alpha value is -2.05. The standard InChI is InChI=1S/C20H20ClFN2O2S/c1-2-11-23-18(25)17-12-27-20(14-5-9-16(22)10-6-14)24(17)19(26)13-3-7-15(21)8-4-13/h3-10,17,20H,2,11-12H2,1H3,(H,23,25). The van der Waals surface area contributed by atoms with Crippen LogP contribution < -0.4 is 5.32 Å². The Morgan fingerprint density at radius 3 is 2.48 bits per heavy atom. The molecule has 2 atom stereocenters. The highest BCUT2D eigenvalue weighted by Crippen LogP contribution is 2.42. The van der Waals surface area contributed by atoms with Crippen molar-refractivity contribution < 1.29 is 14.0 Å². The van der Waals surface area contributed by atoms with Crippen molar-refractivity contribution in [2.45, 2.75) is 24.8 Å². The molecular weight excluding hydrogens is 387 g/mol. The molecule has 0 saturated carbocycles. The zero-order chi connectivity index (χ0) is 19.4. The highest BCUT2D eigenvalue weighted by Gasteiger charge is 2.42. The summed E-state index contributed by atoms with van der Waals surface area (Å²) in [5, 5.41) is 3.05. The van der Waals surface area contributed by atoms with Crippen molar-refractivity contribution in [2.24, 2.45) is 0 Å². The van der Waals surface area contributed by atoms with E-state index in [1.807, 2.05) is 6.92 Å². The second kappa shape index (κ2) is 8.76. The van der Waals surface area contributed by atoms with E-state index in [1.54, 1.807) is 41.3 Å². The number of hydrogen-bond donors (Lipinski definition) is 1. The molecule has 1 aliphatic rings. The predicted octanol–water partition coefficient (Wildman–Crippen LogP) is 4.26. The van der Waals surface area contributed by atoms with Crippen LogP contribution in [0.2, 0.25) is 5.02 Å². The molecule has 3 rings (SSSR count). The van der Waals surface area contributed by atoms with Gasteiger partial charge in [0, 0.05) is 22.9 Å². The van der Waals surface area contributed by atoms with Gasteiger partial charge in [0.1, 0.15) is 17.2 Å². The van der Waals surface area contributed by atoms with Gasteiger partial charge in [0.15, 0.2) is 0 Å². The van der Waals surface area contributed by atoms with Crippen LogP contribution in [0.1, 0.15) is 34.6 Å². The van der Waals surface area contributed by atoms with Crippen LogP contribution in [0.15, 0.2) is 48.5 Å². The van der Waals surface area contributed by atoms with Crippen molar-refractivity contribution in [3.63, 3.8) is 0 Å². The Balaban J connectivity index is 1.93. The van der Waals surface area contributed by atoms with Gasteiger partial charge < -0.3 is 10.2 Å². The third-order valence-electron chi connectivity index (χ3n) is 4.33. The second-order valence-electron chi connectivity index (χ2n) is 6.26. The fourth-order valence-electron chi connectivity index (χ4n) is 2.95. The number of rotatable bonds is 5. The third-order valence-corrected chi connectivity index (χ3v) is 5.91. The maximum Gasteiger partial charge on any atom is 0.255 e. The molecule has 27 heavy (non-hydrogen) atoms. The number of carbonyl (C=O) groups excluding carboxylic acids is 2. The van der Waals surface area contributed by atoms with Crippen molar-refractivity contribution in [1.29, 1.82) is 0 Å². The highest BCUT2D eigenvalue weighted by molar-refractivity contribution is 7.99. The summed E-state index contributed by atoms with van der Waals surface area (Å²) < 4.78 is 13.3. The van der Waals surface area contributed by atoms with Crippen molar-refractivity contribution in [3.05, 3.63) is 70.5 Å². The Kier molecular flexibility index (Phi) is 6.39. The van der Waals surface area contributed by atoms with Crippen LogP contribution in [0.25, 0.3) is 0 Å². The van der Waals surface area contributed by atoms with E-state index in [0.717, 1.165) is 12.0 Å². The monoisotopic (exact) mass is 406 g/mol. The maximum absolute atomic E-state index is 13.3. The average Bonchev–Trinajstić information content (AvgIpc) is 3.12. The summed E-state index contributed by atoms with van der Waals surface area (Å²) in [7, 11) is 0. The number of nitrogens with one attached hydrogen (secondary N) is 1. The molecule has 2 aromatic carbocycles. The fraction of sp³-hybridized carbons (Fsp3) is 0.300. The van der Waals surface area contributed by atoms with Gasteiger partial charge in [0.25, 0.3) is 5.91 Å². The van der Waals surface area contributed by atoms with E-state index in [4.69, 9.17) is 11.6 Å². The lowest BCUT2D eigenvalue weighted by atomic mass is 10.1. The number of benzene rings is 2. The molecule has 142 valence electrons. The molecule has 2 aromatic rings. The minimum absolute atomic E-state index is 0.170. The highest BCUT2D eigenvalue weighted by atomic mass is 35.5. The molecular formula is C20H20ClFN2O2S.